The van der Waals surface area contributed by atoms with Gasteiger partial charge in [-0.05, 0) is 5.04 Å². The third-order valence-electron chi connectivity index (χ3n) is 2.60. The molecule has 0 aliphatic carbocycles. The number of amides is 1. The van der Waals surface area contributed by atoms with Gasteiger partial charge in [0, 0.05) is 0 Å². The molecule has 0 unspecified atom stereocenters. The highest BCUT2D eigenvalue weighted by molar-refractivity contribution is 6.87. The van der Waals surface area contributed by atoms with Gasteiger partial charge in [0.1, 0.15) is 8.07 Å². The molecule has 0 atom stereocenters. The van der Waals surface area contributed by atoms with Crippen molar-refractivity contribution in [3.63, 3.8) is 0 Å². The topological polar surface area (TPSA) is 49.3 Å². The molecule has 2 N–H and O–H groups in total. The monoisotopic (exact) mass is 213 g/mol. The molecule has 0 saturated carbocycles. The maximum absolute atomic E-state index is 10.2. The zero-order valence-electron chi connectivity index (χ0n) is 9.56. The van der Waals surface area contributed by atoms with Gasteiger partial charge >= 0.3 is 6.09 Å². The molecule has 1 amide bonds. The fourth-order valence-electron chi connectivity index (χ4n) is 0.572. The van der Waals surface area contributed by atoms with Crippen molar-refractivity contribution in [3.05, 3.63) is 0 Å². The number of carbonyl (C=O) groups is 1. The molecule has 0 heterocycles. The van der Waals surface area contributed by atoms with E-state index < -0.39 is 14.2 Å². The molecular formula is C10H19NO2Si. The molecule has 3 nitrogen and oxygen atoms in total. The van der Waals surface area contributed by atoms with Crippen LogP contribution in [0.3, 0.4) is 0 Å². The first-order chi connectivity index (χ1) is 6.17. The summed E-state index contributed by atoms with van der Waals surface area (Å²) >= 11 is 0. The predicted molar refractivity (Wildman–Crippen MR) is 61.0 cm³/mol. The van der Waals surface area contributed by atoms with Gasteiger partial charge in [-0.15, -0.1) is 5.54 Å². The summed E-state index contributed by atoms with van der Waals surface area (Å²) in [5.74, 6) is 2.88. The summed E-state index contributed by atoms with van der Waals surface area (Å²) in [6, 6.07) is 0. The van der Waals surface area contributed by atoms with Gasteiger partial charge < -0.3 is 10.4 Å². The molecule has 0 aliphatic rings. The summed E-state index contributed by atoms with van der Waals surface area (Å²) < 4.78 is 0. The Morgan fingerprint density at radius 1 is 1.43 bits per heavy atom. The van der Waals surface area contributed by atoms with Crippen LogP contribution in [0.15, 0.2) is 0 Å². The van der Waals surface area contributed by atoms with Crippen LogP contribution in [0, 0.1) is 11.5 Å². The van der Waals surface area contributed by atoms with Crippen LogP contribution in [0.1, 0.15) is 20.8 Å². The van der Waals surface area contributed by atoms with E-state index >= 15 is 0 Å². The summed E-state index contributed by atoms with van der Waals surface area (Å²) in [7, 11) is -1.57. The van der Waals surface area contributed by atoms with E-state index in [0.29, 0.717) is 0 Å². The third kappa shape index (κ3) is 4.33. The highest BCUT2D eigenvalue weighted by Crippen LogP contribution is 2.34. The molecule has 80 valence electrons. The molecular weight excluding hydrogens is 194 g/mol. The van der Waals surface area contributed by atoms with Crippen molar-refractivity contribution in [2.24, 2.45) is 0 Å². The third-order valence-corrected chi connectivity index (χ3v) is 7.16. The molecule has 0 rings (SSSR count). The van der Waals surface area contributed by atoms with Gasteiger partial charge in [-0.3, -0.25) is 0 Å². The molecule has 4 heteroatoms. The van der Waals surface area contributed by atoms with E-state index in [0.717, 1.165) is 0 Å². The van der Waals surface area contributed by atoms with Crippen LogP contribution in [0.2, 0.25) is 18.1 Å². The van der Waals surface area contributed by atoms with Crippen LogP contribution in [0.5, 0.6) is 0 Å². The van der Waals surface area contributed by atoms with Gasteiger partial charge in [-0.2, -0.15) is 0 Å². The second-order valence-electron chi connectivity index (χ2n) is 4.84. The molecule has 0 fully saturated rings. The van der Waals surface area contributed by atoms with E-state index in [1.165, 1.54) is 0 Å². The van der Waals surface area contributed by atoms with Crippen molar-refractivity contribution in [1.82, 2.24) is 5.32 Å². The predicted octanol–water partition coefficient (Wildman–Crippen LogP) is 2.31. The molecule has 0 saturated heterocycles. The van der Waals surface area contributed by atoms with Crippen molar-refractivity contribution in [3.8, 4) is 11.5 Å². The fraction of sp³-hybridized carbons (Fsp3) is 0.700. The molecule has 0 aromatic heterocycles. The minimum Gasteiger partial charge on any atom is -0.465 e. The number of rotatable bonds is 1. The van der Waals surface area contributed by atoms with Gasteiger partial charge in [-0.25, -0.2) is 4.79 Å². The first kappa shape index (κ1) is 13.0. The lowest BCUT2D eigenvalue weighted by Crippen LogP contribution is -2.36. The second-order valence-corrected chi connectivity index (χ2v) is 9.84. The maximum Gasteiger partial charge on any atom is 0.405 e. The minimum absolute atomic E-state index is 0.224. The van der Waals surface area contributed by atoms with Crippen molar-refractivity contribution < 1.29 is 9.90 Å². The van der Waals surface area contributed by atoms with Crippen molar-refractivity contribution >= 4 is 14.2 Å². The van der Waals surface area contributed by atoms with E-state index in [4.69, 9.17) is 5.11 Å². The highest BCUT2D eigenvalue weighted by atomic mass is 28.3. The average Bonchev–Trinajstić information content (AvgIpc) is 1.95. The zero-order valence-corrected chi connectivity index (χ0v) is 10.6. The largest absolute Gasteiger partial charge is 0.465 e. The SMILES string of the molecule is CC(C)(C)[Si](C)(C)C#CCNC(=O)O. The van der Waals surface area contributed by atoms with Gasteiger partial charge in [0.25, 0.3) is 0 Å². The number of carboxylic acid groups (broad SMARTS) is 1. The Morgan fingerprint density at radius 2 is 1.93 bits per heavy atom. The highest BCUT2D eigenvalue weighted by Gasteiger charge is 2.33. The van der Waals surface area contributed by atoms with E-state index in [9.17, 15) is 4.79 Å². The van der Waals surface area contributed by atoms with Crippen molar-refractivity contribution in [2.45, 2.75) is 38.9 Å². The standard InChI is InChI=1S/C10H19NO2Si/c1-10(2,3)14(4,5)8-6-7-11-9(12)13/h11H,7H2,1-5H3,(H,12,13). The minimum atomic E-state index is -1.57. The van der Waals surface area contributed by atoms with Crippen LogP contribution in [0.25, 0.3) is 0 Å². The summed E-state index contributed by atoms with van der Waals surface area (Å²) in [4.78, 5) is 10.2. The van der Waals surface area contributed by atoms with E-state index in [2.05, 4.69) is 50.6 Å². The van der Waals surface area contributed by atoms with Gasteiger partial charge in [0.05, 0.1) is 6.54 Å². The molecule has 0 radical (unpaired) electrons. The molecule has 14 heavy (non-hydrogen) atoms. The summed E-state index contributed by atoms with van der Waals surface area (Å²) in [5, 5.41) is 10.8. The van der Waals surface area contributed by atoms with Crippen LogP contribution >= 0.6 is 0 Å². The Bertz CT molecular complexity index is 268. The maximum atomic E-state index is 10.2. The average molecular weight is 213 g/mol. The van der Waals surface area contributed by atoms with E-state index in [1.807, 2.05) is 0 Å². The molecule has 0 aromatic rings. The lowest BCUT2D eigenvalue weighted by atomic mass is 10.2. The smallest absolute Gasteiger partial charge is 0.405 e. The van der Waals surface area contributed by atoms with Gasteiger partial charge in [-0.1, -0.05) is 39.8 Å². The zero-order chi connectivity index (χ0) is 11.4. The van der Waals surface area contributed by atoms with Crippen LogP contribution < -0.4 is 5.32 Å². The molecule has 0 aromatic carbocycles. The van der Waals surface area contributed by atoms with E-state index in [-0.39, 0.29) is 11.6 Å². The first-order valence-corrected chi connectivity index (χ1v) is 7.63. The van der Waals surface area contributed by atoms with Crippen molar-refractivity contribution in [2.75, 3.05) is 6.54 Å². The number of hydrogen-bond donors (Lipinski definition) is 2. The lowest BCUT2D eigenvalue weighted by molar-refractivity contribution is 0.196. The lowest BCUT2D eigenvalue weighted by Gasteiger charge is -2.31. The fourth-order valence-corrected chi connectivity index (χ4v) is 1.48. The summed E-state index contributed by atoms with van der Waals surface area (Å²) in [6.07, 6.45) is -1.02. The Balaban J connectivity index is 4.28. The van der Waals surface area contributed by atoms with Crippen LogP contribution in [-0.2, 0) is 0 Å². The Kier molecular flexibility index (Phi) is 4.21. The molecule has 0 bridgehead atoms. The Labute approximate surface area is 86.9 Å². The molecule has 0 spiro atoms. The second kappa shape index (κ2) is 4.51. The Morgan fingerprint density at radius 3 is 2.29 bits per heavy atom. The quantitative estimate of drug-likeness (QED) is 0.519. The normalized spacial score (nSPS) is 11.5. The van der Waals surface area contributed by atoms with Gasteiger partial charge in [0.15, 0.2) is 0 Å². The number of nitrogens with one attached hydrogen (secondary N) is 1. The number of hydrogen-bond acceptors (Lipinski definition) is 1. The van der Waals surface area contributed by atoms with E-state index in [1.54, 1.807) is 0 Å². The summed E-state index contributed by atoms with van der Waals surface area (Å²) in [5.41, 5.74) is 3.22. The summed E-state index contributed by atoms with van der Waals surface area (Å²) in [6.45, 7) is 11.2. The van der Waals surface area contributed by atoms with Crippen molar-refractivity contribution in [1.29, 1.82) is 0 Å². The first-order valence-electron chi connectivity index (χ1n) is 4.63. The van der Waals surface area contributed by atoms with Gasteiger partial charge in [0.2, 0.25) is 0 Å². The van der Waals surface area contributed by atoms with Crippen LogP contribution in [0.4, 0.5) is 4.79 Å². The molecule has 0 aliphatic heterocycles. The Hall–Kier alpha value is -0.953. The van der Waals surface area contributed by atoms with Crippen LogP contribution in [-0.4, -0.2) is 25.8 Å².